The summed E-state index contributed by atoms with van der Waals surface area (Å²) in [5, 5.41) is -0.114. The third kappa shape index (κ3) is 3.76. The Labute approximate surface area is 143 Å². The van der Waals surface area contributed by atoms with Crippen LogP contribution in [-0.4, -0.2) is 38.6 Å². The summed E-state index contributed by atoms with van der Waals surface area (Å²) in [6.45, 7) is 7.16. The molecule has 2 N–H and O–H groups in total. The van der Waals surface area contributed by atoms with Gasteiger partial charge in [-0.05, 0) is 33.3 Å². The molecule has 0 fully saturated rings. The predicted molar refractivity (Wildman–Crippen MR) is 90.7 cm³/mol. The van der Waals surface area contributed by atoms with Crippen molar-refractivity contribution < 1.29 is 14.3 Å². The van der Waals surface area contributed by atoms with E-state index in [4.69, 9.17) is 4.74 Å². The van der Waals surface area contributed by atoms with Gasteiger partial charge in [-0.3, -0.25) is 9.59 Å². The average Bonchev–Trinajstić information content (AvgIpc) is 2.81. The van der Waals surface area contributed by atoms with E-state index >= 15 is 0 Å². The maximum Gasteiger partial charge on any atom is 0.340 e. The lowest BCUT2D eigenvalue weighted by Gasteiger charge is -2.09. The van der Waals surface area contributed by atoms with E-state index in [9.17, 15) is 14.4 Å². The molecule has 0 radical (unpaired) electrons. The van der Waals surface area contributed by atoms with Crippen LogP contribution >= 0.6 is 11.8 Å². The highest BCUT2D eigenvalue weighted by Crippen LogP contribution is 2.25. The Morgan fingerprint density at radius 2 is 2.04 bits per heavy atom. The van der Waals surface area contributed by atoms with Gasteiger partial charge in [0.1, 0.15) is 0 Å². The molecule has 0 aliphatic heterocycles. The van der Waals surface area contributed by atoms with Crippen molar-refractivity contribution >= 4 is 23.5 Å². The number of nitrogens with one attached hydrogen (secondary N) is 2. The molecule has 8 heteroatoms. The van der Waals surface area contributed by atoms with Gasteiger partial charge in [0.15, 0.2) is 10.9 Å². The molecule has 1 atom stereocenters. The minimum atomic E-state index is -0.484. The zero-order valence-corrected chi connectivity index (χ0v) is 14.7. The molecule has 2 aromatic heterocycles. The number of aromatic nitrogens is 3. The molecule has 0 saturated heterocycles. The first-order valence-electron chi connectivity index (χ1n) is 7.47. The smallest absolute Gasteiger partial charge is 0.340 e. The Kier molecular flexibility index (Phi) is 5.61. The quantitative estimate of drug-likeness (QED) is 0.359. The van der Waals surface area contributed by atoms with E-state index < -0.39 is 11.2 Å². The lowest BCUT2D eigenvalue weighted by molar-refractivity contribution is 0.0525. The Bertz CT molecular complexity index is 825. The monoisotopic (exact) mass is 349 g/mol. The van der Waals surface area contributed by atoms with Crippen LogP contribution in [0.1, 0.15) is 46.0 Å². The summed E-state index contributed by atoms with van der Waals surface area (Å²) >= 11 is 1.15. The van der Waals surface area contributed by atoms with Gasteiger partial charge in [-0.15, -0.1) is 0 Å². The van der Waals surface area contributed by atoms with Gasteiger partial charge in [0.05, 0.1) is 23.1 Å². The van der Waals surface area contributed by atoms with Crippen molar-refractivity contribution in [1.29, 1.82) is 0 Å². The van der Waals surface area contributed by atoms with E-state index in [1.807, 2.05) is 0 Å². The largest absolute Gasteiger partial charge is 0.462 e. The van der Waals surface area contributed by atoms with Crippen LogP contribution in [0.5, 0.6) is 0 Å². The molecule has 2 rings (SSSR count). The number of aromatic amines is 2. The number of hydrogen-bond acceptors (Lipinski definition) is 6. The molecule has 0 spiro atoms. The fourth-order valence-electron chi connectivity index (χ4n) is 2.34. The van der Waals surface area contributed by atoms with E-state index in [-0.39, 0.29) is 17.9 Å². The first-order chi connectivity index (χ1) is 11.3. The number of rotatable bonds is 6. The number of aryl methyl sites for hydroxylation is 1. The maximum absolute atomic E-state index is 12.7. The molecule has 0 aliphatic rings. The van der Waals surface area contributed by atoms with Crippen molar-refractivity contribution in [3.63, 3.8) is 0 Å². The molecule has 0 amide bonds. The van der Waals surface area contributed by atoms with Gasteiger partial charge in [-0.25, -0.2) is 9.78 Å². The van der Waals surface area contributed by atoms with Crippen LogP contribution in [0.4, 0.5) is 0 Å². The minimum Gasteiger partial charge on any atom is -0.462 e. The predicted octanol–water partition coefficient (Wildman–Crippen LogP) is 2.26. The standard InChI is InChI=1S/C16H19N3O4S/c1-5-23-15(22)12-8(2)13(18-9(12)3)14(21)10(4)24-16-17-7-6-11(20)19-16/h6-7,10,18H,5H2,1-4H3,(H,17,19,20)/t10-/m0/s1. The van der Waals surface area contributed by atoms with Crippen molar-refractivity contribution in [3.8, 4) is 0 Å². The molecule has 2 heterocycles. The number of Topliss-reactive ketones (excluding diaryl/α,β-unsaturated/α-hetero) is 1. The summed E-state index contributed by atoms with van der Waals surface area (Å²) in [5.41, 5.74) is 1.65. The molecule has 128 valence electrons. The number of H-pyrrole nitrogens is 2. The van der Waals surface area contributed by atoms with Crippen LogP contribution < -0.4 is 5.56 Å². The summed E-state index contributed by atoms with van der Waals surface area (Å²) in [7, 11) is 0. The first kappa shape index (κ1) is 18.0. The van der Waals surface area contributed by atoms with Crippen LogP contribution in [0.25, 0.3) is 0 Å². The lowest BCUT2D eigenvalue weighted by atomic mass is 10.1. The summed E-state index contributed by atoms with van der Waals surface area (Å²) in [5.74, 6) is -0.625. The molecule has 0 aromatic carbocycles. The Morgan fingerprint density at radius 1 is 1.33 bits per heavy atom. The van der Waals surface area contributed by atoms with Crippen molar-refractivity contribution in [3.05, 3.63) is 45.1 Å². The number of carbonyl (C=O) groups excluding carboxylic acids is 2. The van der Waals surface area contributed by atoms with Crippen LogP contribution in [-0.2, 0) is 4.74 Å². The summed E-state index contributed by atoms with van der Waals surface area (Å²) in [6.07, 6.45) is 1.39. The lowest BCUT2D eigenvalue weighted by Crippen LogP contribution is -2.17. The van der Waals surface area contributed by atoms with Gasteiger partial charge in [0.25, 0.3) is 5.56 Å². The molecular weight excluding hydrogens is 330 g/mol. The van der Waals surface area contributed by atoms with Crippen molar-refractivity contribution in [2.24, 2.45) is 0 Å². The highest BCUT2D eigenvalue weighted by Gasteiger charge is 2.26. The number of thioether (sulfide) groups is 1. The normalized spacial score (nSPS) is 12.0. The van der Waals surface area contributed by atoms with Crippen molar-refractivity contribution in [2.45, 2.75) is 38.1 Å². The second-order valence-electron chi connectivity index (χ2n) is 5.21. The molecule has 0 bridgehead atoms. The number of ether oxygens (including phenoxy) is 1. The van der Waals surface area contributed by atoms with Crippen LogP contribution in [0.3, 0.4) is 0 Å². The Hall–Kier alpha value is -2.35. The molecule has 2 aromatic rings. The van der Waals surface area contributed by atoms with E-state index in [1.165, 1.54) is 12.3 Å². The number of ketones is 1. The van der Waals surface area contributed by atoms with E-state index in [1.54, 1.807) is 27.7 Å². The topological polar surface area (TPSA) is 105 Å². The molecule has 24 heavy (non-hydrogen) atoms. The summed E-state index contributed by atoms with van der Waals surface area (Å²) in [6, 6.07) is 1.31. The van der Waals surface area contributed by atoms with Crippen LogP contribution in [0.2, 0.25) is 0 Å². The third-order valence-electron chi connectivity index (χ3n) is 3.47. The second kappa shape index (κ2) is 7.48. The SMILES string of the molecule is CCOC(=O)c1c(C)[nH]c(C(=O)[C@H](C)Sc2nccc(=O)[nH]2)c1C. The molecule has 7 nitrogen and oxygen atoms in total. The third-order valence-corrected chi connectivity index (χ3v) is 4.47. The highest BCUT2D eigenvalue weighted by atomic mass is 32.2. The second-order valence-corrected chi connectivity index (χ2v) is 6.54. The molecule has 0 unspecified atom stereocenters. The fraction of sp³-hybridized carbons (Fsp3) is 0.375. The first-order valence-corrected chi connectivity index (χ1v) is 8.35. The number of esters is 1. The van der Waals surface area contributed by atoms with Gasteiger partial charge < -0.3 is 14.7 Å². The van der Waals surface area contributed by atoms with E-state index in [0.717, 1.165) is 11.8 Å². The van der Waals surface area contributed by atoms with Gasteiger partial charge in [-0.1, -0.05) is 11.8 Å². The Morgan fingerprint density at radius 3 is 2.67 bits per heavy atom. The number of nitrogens with zero attached hydrogens (tertiary/aromatic N) is 1. The molecule has 0 aliphatic carbocycles. The summed E-state index contributed by atoms with van der Waals surface area (Å²) < 4.78 is 5.03. The van der Waals surface area contributed by atoms with Crippen molar-refractivity contribution in [1.82, 2.24) is 15.0 Å². The molecule has 0 saturated carbocycles. The van der Waals surface area contributed by atoms with E-state index in [0.29, 0.717) is 27.7 Å². The van der Waals surface area contributed by atoms with Crippen LogP contribution in [0.15, 0.2) is 22.2 Å². The van der Waals surface area contributed by atoms with Gasteiger partial charge in [0, 0.05) is 18.0 Å². The zero-order chi connectivity index (χ0) is 17.9. The van der Waals surface area contributed by atoms with Gasteiger partial charge in [-0.2, -0.15) is 0 Å². The fourth-order valence-corrected chi connectivity index (χ4v) is 3.18. The highest BCUT2D eigenvalue weighted by molar-refractivity contribution is 8.00. The number of carbonyl (C=O) groups is 2. The van der Waals surface area contributed by atoms with Crippen LogP contribution in [0, 0.1) is 13.8 Å². The van der Waals surface area contributed by atoms with Crippen molar-refractivity contribution in [2.75, 3.05) is 6.61 Å². The van der Waals surface area contributed by atoms with Gasteiger partial charge >= 0.3 is 5.97 Å². The summed E-state index contributed by atoms with van der Waals surface area (Å²) in [4.78, 5) is 45.6. The Balaban J connectivity index is 2.25. The van der Waals surface area contributed by atoms with Gasteiger partial charge in [0.2, 0.25) is 0 Å². The zero-order valence-electron chi connectivity index (χ0n) is 13.9. The number of hydrogen-bond donors (Lipinski definition) is 2. The maximum atomic E-state index is 12.7. The molecular formula is C16H19N3O4S. The minimum absolute atomic E-state index is 0.178. The average molecular weight is 349 g/mol. The van der Waals surface area contributed by atoms with E-state index in [2.05, 4.69) is 15.0 Å².